The number of aliphatic hydroxyl groups is 1. The number of pyridine rings is 1. The first-order valence-electron chi connectivity index (χ1n) is 6.97. The molecule has 3 rings (SSSR count). The van der Waals surface area contributed by atoms with Gasteiger partial charge in [-0.1, -0.05) is 12.1 Å². The molecule has 0 saturated heterocycles. The highest BCUT2D eigenvalue weighted by Crippen LogP contribution is 2.23. The number of hydrogen-bond acceptors (Lipinski definition) is 3. The molecule has 21 heavy (non-hydrogen) atoms. The summed E-state index contributed by atoms with van der Waals surface area (Å²) in [7, 11) is 0. The van der Waals surface area contributed by atoms with E-state index in [1.807, 2.05) is 60.1 Å². The number of aryl methyl sites for hydroxylation is 1. The predicted molar refractivity (Wildman–Crippen MR) is 81.3 cm³/mol. The molecule has 1 unspecified atom stereocenters. The Labute approximate surface area is 123 Å². The zero-order chi connectivity index (χ0) is 14.8. The number of nitrogens with zero attached hydrogens (tertiary/aromatic N) is 2. The van der Waals surface area contributed by atoms with Gasteiger partial charge >= 0.3 is 0 Å². The van der Waals surface area contributed by atoms with E-state index in [4.69, 9.17) is 4.74 Å². The van der Waals surface area contributed by atoms with Gasteiger partial charge in [0.1, 0.15) is 18.0 Å². The zero-order valence-corrected chi connectivity index (χ0v) is 12.2. The van der Waals surface area contributed by atoms with Crippen molar-refractivity contribution in [3.63, 3.8) is 0 Å². The van der Waals surface area contributed by atoms with Crippen LogP contribution in [0.4, 0.5) is 0 Å². The van der Waals surface area contributed by atoms with E-state index in [1.165, 1.54) is 0 Å². The second kappa shape index (κ2) is 5.58. The molecule has 0 fully saturated rings. The summed E-state index contributed by atoms with van der Waals surface area (Å²) in [6.07, 6.45) is 3.47. The van der Waals surface area contributed by atoms with Crippen molar-refractivity contribution in [1.82, 2.24) is 9.38 Å². The smallest absolute Gasteiger partial charge is 0.137 e. The van der Waals surface area contributed by atoms with E-state index >= 15 is 0 Å². The maximum atomic E-state index is 9.57. The summed E-state index contributed by atoms with van der Waals surface area (Å²) < 4.78 is 7.80. The van der Waals surface area contributed by atoms with Crippen LogP contribution in [0.2, 0.25) is 0 Å². The Balaban J connectivity index is 1.75. The lowest BCUT2D eigenvalue weighted by atomic mass is 10.1. The van der Waals surface area contributed by atoms with Crippen molar-refractivity contribution in [2.75, 3.05) is 0 Å². The number of hydrogen-bond donors (Lipinski definition) is 1. The van der Waals surface area contributed by atoms with Gasteiger partial charge in [0.05, 0.1) is 11.8 Å². The van der Waals surface area contributed by atoms with Crippen LogP contribution < -0.4 is 4.74 Å². The molecule has 0 saturated carbocycles. The van der Waals surface area contributed by atoms with Crippen LogP contribution in [0, 0.1) is 6.92 Å². The summed E-state index contributed by atoms with van der Waals surface area (Å²) in [6, 6.07) is 11.6. The van der Waals surface area contributed by atoms with Crippen LogP contribution >= 0.6 is 0 Å². The van der Waals surface area contributed by atoms with Crippen molar-refractivity contribution in [3.05, 3.63) is 65.6 Å². The van der Waals surface area contributed by atoms with Crippen molar-refractivity contribution in [2.45, 2.75) is 26.6 Å². The molecule has 0 spiro atoms. The number of ether oxygens (including phenoxy) is 1. The van der Waals surface area contributed by atoms with Gasteiger partial charge in [-0.25, -0.2) is 4.98 Å². The summed E-state index contributed by atoms with van der Waals surface area (Å²) in [5, 5.41) is 9.57. The third kappa shape index (κ3) is 2.90. The normalized spacial score (nSPS) is 12.5. The van der Waals surface area contributed by atoms with Crippen molar-refractivity contribution in [3.8, 4) is 5.75 Å². The first-order valence-corrected chi connectivity index (χ1v) is 6.97. The lowest BCUT2D eigenvalue weighted by Crippen LogP contribution is -1.99. The van der Waals surface area contributed by atoms with Crippen molar-refractivity contribution >= 4 is 5.65 Å². The molecule has 4 heteroatoms. The molecule has 4 nitrogen and oxygen atoms in total. The maximum Gasteiger partial charge on any atom is 0.137 e. The van der Waals surface area contributed by atoms with E-state index in [2.05, 4.69) is 4.98 Å². The summed E-state index contributed by atoms with van der Waals surface area (Å²) in [5.41, 5.74) is 3.71. The van der Waals surface area contributed by atoms with Crippen LogP contribution in [0.15, 0.2) is 48.8 Å². The fourth-order valence-corrected chi connectivity index (χ4v) is 2.30. The highest BCUT2D eigenvalue weighted by atomic mass is 16.5. The third-order valence-electron chi connectivity index (χ3n) is 3.47. The van der Waals surface area contributed by atoms with Crippen molar-refractivity contribution in [2.24, 2.45) is 0 Å². The van der Waals surface area contributed by atoms with Gasteiger partial charge in [0.25, 0.3) is 0 Å². The van der Waals surface area contributed by atoms with Crippen molar-refractivity contribution < 1.29 is 9.84 Å². The van der Waals surface area contributed by atoms with Crippen LogP contribution in [-0.2, 0) is 6.61 Å². The van der Waals surface area contributed by atoms with Crippen LogP contribution in [0.3, 0.4) is 0 Å². The monoisotopic (exact) mass is 282 g/mol. The molecule has 2 heterocycles. The molecule has 108 valence electrons. The third-order valence-corrected chi connectivity index (χ3v) is 3.47. The zero-order valence-electron chi connectivity index (χ0n) is 12.2. The number of benzene rings is 1. The summed E-state index contributed by atoms with van der Waals surface area (Å²) >= 11 is 0. The Kier molecular flexibility index (Phi) is 3.62. The fraction of sp³-hybridized carbons (Fsp3) is 0.235. The van der Waals surface area contributed by atoms with Crippen molar-refractivity contribution in [1.29, 1.82) is 0 Å². The van der Waals surface area contributed by atoms with E-state index < -0.39 is 6.10 Å². The molecule has 0 radical (unpaired) electrons. The average Bonchev–Trinajstić information content (AvgIpc) is 2.88. The highest BCUT2D eigenvalue weighted by molar-refractivity contribution is 5.40. The van der Waals surface area contributed by atoms with Gasteiger partial charge in [-0.05, 0) is 49.2 Å². The minimum absolute atomic E-state index is 0.427. The summed E-state index contributed by atoms with van der Waals surface area (Å²) in [6.45, 7) is 4.16. The van der Waals surface area contributed by atoms with Gasteiger partial charge in [0, 0.05) is 12.4 Å². The van der Waals surface area contributed by atoms with E-state index in [1.54, 1.807) is 6.92 Å². The fourth-order valence-electron chi connectivity index (χ4n) is 2.30. The second-order valence-corrected chi connectivity index (χ2v) is 5.19. The molecule has 1 atom stereocenters. The van der Waals surface area contributed by atoms with Crippen LogP contribution in [0.5, 0.6) is 5.75 Å². The Hall–Kier alpha value is -2.33. The van der Waals surface area contributed by atoms with Crippen LogP contribution in [0.1, 0.15) is 29.8 Å². The molecule has 0 aliphatic carbocycles. The Bertz CT molecular complexity index is 729. The highest BCUT2D eigenvalue weighted by Gasteiger charge is 2.07. The molecular weight excluding hydrogens is 264 g/mol. The quantitative estimate of drug-likeness (QED) is 0.799. The first-order chi connectivity index (χ1) is 10.1. The Morgan fingerprint density at radius 1 is 1.29 bits per heavy atom. The van der Waals surface area contributed by atoms with Gasteiger partial charge in [-0.2, -0.15) is 0 Å². The van der Waals surface area contributed by atoms with Crippen LogP contribution in [-0.4, -0.2) is 14.5 Å². The van der Waals surface area contributed by atoms with E-state index in [0.717, 1.165) is 28.2 Å². The molecule has 0 bridgehead atoms. The molecule has 0 amide bonds. The van der Waals surface area contributed by atoms with E-state index in [9.17, 15) is 5.11 Å². The summed E-state index contributed by atoms with van der Waals surface area (Å²) in [4.78, 5) is 4.50. The van der Waals surface area contributed by atoms with E-state index in [0.29, 0.717) is 6.61 Å². The van der Waals surface area contributed by atoms with E-state index in [-0.39, 0.29) is 0 Å². The topological polar surface area (TPSA) is 46.8 Å². The van der Waals surface area contributed by atoms with Crippen LogP contribution in [0.25, 0.3) is 5.65 Å². The predicted octanol–water partition coefficient (Wildman–Crippen LogP) is 3.28. The number of aromatic nitrogens is 2. The number of fused-ring (bicyclic) bond motifs is 1. The standard InChI is InChI=1S/C17H18N2O2/c1-12-9-14(13(2)20)6-7-16(12)21-11-15-10-19-8-4-3-5-17(19)18-15/h3-10,13,20H,11H2,1-2H3. The largest absolute Gasteiger partial charge is 0.487 e. The SMILES string of the molecule is Cc1cc(C(C)O)ccc1OCc1cn2ccccc2n1. The molecule has 1 aromatic carbocycles. The minimum atomic E-state index is -0.462. The number of imidazole rings is 1. The van der Waals surface area contributed by atoms with Gasteiger partial charge in [-0.3, -0.25) is 0 Å². The number of rotatable bonds is 4. The van der Waals surface area contributed by atoms with Gasteiger partial charge < -0.3 is 14.2 Å². The van der Waals surface area contributed by atoms with Gasteiger partial charge in [0.2, 0.25) is 0 Å². The molecular formula is C17H18N2O2. The minimum Gasteiger partial charge on any atom is -0.487 e. The van der Waals surface area contributed by atoms with Gasteiger partial charge in [0.15, 0.2) is 0 Å². The number of aliphatic hydroxyl groups excluding tert-OH is 1. The summed E-state index contributed by atoms with van der Waals surface area (Å²) in [5.74, 6) is 0.816. The Morgan fingerprint density at radius 3 is 2.86 bits per heavy atom. The molecule has 0 aliphatic rings. The molecule has 0 aliphatic heterocycles. The molecule has 2 aromatic heterocycles. The molecule has 3 aromatic rings. The van der Waals surface area contributed by atoms with Gasteiger partial charge in [-0.15, -0.1) is 0 Å². The second-order valence-electron chi connectivity index (χ2n) is 5.19. The Morgan fingerprint density at radius 2 is 2.14 bits per heavy atom. The lowest BCUT2D eigenvalue weighted by molar-refractivity contribution is 0.199. The maximum absolute atomic E-state index is 9.57. The first kappa shape index (κ1) is 13.6. The molecule has 1 N–H and O–H groups in total. The average molecular weight is 282 g/mol. The lowest BCUT2D eigenvalue weighted by Gasteiger charge is -2.11.